The maximum Gasteiger partial charge on any atom is 0.129 e. The molecule has 2 nitrogen and oxygen atoms in total. The van der Waals surface area contributed by atoms with Crippen molar-refractivity contribution < 1.29 is 9.50 Å². The quantitative estimate of drug-likeness (QED) is 0.881. The van der Waals surface area contributed by atoms with Crippen molar-refractivity contribution in [3.63, 3.8) is 0 Å². The van der Waals surface area contributed by atoms with Crippen LogP contribution in [0, 0.1) is 22.6 Å². The molecule has 2 rings (SSSR count). The predicted octanol–water partition coefficient (Wildman–Crippen LogP) is 3.99. The van der Waals surface area contributed by atoms with Crippen LogP contribution in [0.5, 0.6) is 0 Å². The van der Waals surface area contributed by atoms with Crippen LogP contribution in [0.15, 0.2) is 18.2 Å². The Balaban J connectivity index is 2.37. The fourth-order valence-corrected chi connectivity index (χ4v) is 2.83. The minimum absolute atomic E-state index is 0.131. The smallest absolute Gasteiger partial charge is 0.129 e. The van der Waals surface area contributed by atoms with E-state index in [4.69, 9.17) is 11.6 Å². The number of halogens is 2. The molecule has 0 amide bonds. The van der Waals surface area contributed by atoms with Gasteiger partial charge >= 0.3 is 0 Å². The Morgan fingerprint density at radius 1 is 1.33 bits per heavy atom. The van der Waals surface area contributed by atoms with Gasteiger partial charge in [0.25, 0.3) is 0 Å². The monoisotopic (exact) mass is 267 g/mol. The van der Waals surface area contributed by atoms with E-state index >= 15 is 0 Å². The van der Waals surface area contributed by atoms with E-state index < -0.39 is 17.3 Å². The summed E-state index contributed by atoms with van der Waals surface area (Å²) in [7, 11) is 0. The molecule has 1 aromatic carbocycles. The molecule has 1 unspecified atom stereocenters. The zero-order valence-corrected chi connectivity index (χ0v) is 10.8. The summed E-state index contributed by atoms with van der Waals surface area (Å²) in [5, 5.41) is 20.1. The van der Waals surface area contributed by atoms with Crippen molar-refractivity contribution in [1.82, 2.24) is 0 Å². The Kier molecular flexibility index (Phi) is 3.89. The summed E-state index contributed by atoms with van der Waals surface area (Å²) in [4.78, 5) is 0. The highest BCUT2D eigenvalue weighted by Crippen LogP contribution is 2.46. The Bertz CT molecular complexity index is 477. The van der Waals surface area contributed by atoms with E-state index in [9.17, 15) is 14.8 Å². The minimum atomic E-state index is -1.11. The van der Waals surface area contributed by atoms with E-state index in [0.29, 0.717) is 17.9 Å². The average molecular weight is 268 g/mol. The minimum Gasteiger partial charge on any atom is -0.387 e. The van der Waals surface area contributed by atoms with Gasteiger partial charge in [-0.3, -0.25) is 0 Å². The summed E-state index contributed by atoms with van der Waals surface area (Å²) < 4.78 is 13.8. The summed E-state index contributed by atoms with van der Waals surface area (Å²) in [6.45, 7) is 0. The lowest BCUT2D eigenvalue weighted by Gasteiger charge is -2.35. The van der Waals surface area contributed by atoms with E-state index in [1.54, 1.807) is 0 Å². The van der Waals surface area contributed by atoms with Gasteiger partial charge in [0.05, 0.1) is 11.5 Å². The summed E-state index contributed by atoms with van der Waals surface area (Å²) in [6.07, 6.45) is 2.96. The van der Waals surface area contributed by atoms with Crippen molar-refractivity contribution in [2.24, 2.45) is 5.41 Å². The van der Waals surface area contributed by atoms with E-state index in [0.717, 1.165) is 19.3 Å². The molecular formula is C14H15ClFNO. The number of nitrogens with zero attached hydrogens (tertiary/aromatic N) is 1. The second-order valence-electron chi connectivity index (χ2n) is 4.90. The summed E-state index contributed by atoms with van der Waals surface area (Å²) >= 11 is 5.83. The first-order valence-electron chi connectivity index (χ1n) is 6.13. The van der Waals surface area contributed by atoms with E-state index in [2.05, 4.69) is 6.07 Å². The van der Waals surface area contributed by atoms with Gasteiger partial charge in [-0.25, -0.2) is 4.39 Å². The number of nitriles is 1. The largest absolute Gasteiger partial charge is 0.387 e. The van der Waals surface area contributed by atoms with Crippen LogP contribution in [-0.4, -0.2) is 5.11 Å². The van der Waals surface area contributed by atoms with Gasteiger partial charge in [0.15, 0.2) is 0 Å². The van der Waals surface area contributed by atoms with Crippen molar-refractivity contribution in [3.8, 4) is 6.07 Å². The van der Waals surface area contributed by atoms with Gasteiger partial charge in [-0.05, 0) is 31.0 Å². The molecule has 1 saturated carbocycles. The average Bonchev–Trinajstić information content (AvgIpc) is 2.41. The molecule has 4 heteroatoms. The molecule has 1 aliphatic rings. The lowest BCUT2D eigenvalue weighted by Crippen LogP contribution is -2.30. The topological polar surface area (TPSA) is 44.0 Å². The van der Waals surface area contributed by atoms with Crippen LogP contribution in [0.4, 0.5) is 4.39 Å². The number of hydrogen-bond donors (Lipinski definition) is 1. The van der Waals surface area contributed by atoms with Crippen LogP contribution >= 0.6 is 11.6 Å². The fraction of sp³-hybridized carbons (Fsp3) is 0.500. The van der Waals surface area contributed by atoms with Crippen molar-refractivity contribution in [1.29, 1.82) is 5.26 Å². The zero-order chi connectivity index (χ0) is 13.2. The lowest BCUT2D eigenvalue weighted by atomic mass is 9.69. The van der Waals surface area contributed by atoms with Crippen molar-refractivity contribution >= 4 is 11.6 Å². The van der Waals surface area contributed by atoms with Crippen LogP contribution in [0.3, 0.4) is 0 Å². The highest BCUT2D eigenvalue weighted by molar-refractivity contribution is 6.30. The first-order valence-corrected chi connectivity index (χ1v) is 6.51. The SMILES string of the molecule is N#CC1(C(O)c2cc(Cl)ccc2F)CCCCC1. The third-order valence-corrected chi connectivity index (χ3v) is 3.98. The molecule has 18 heavy (non-hydrogen) atoms. The first-order chi connectivity index (χ1) is 8.59. The van der Waals surface area contributed by atoms with Crippen LogP contribution in [0.2, 0.25) is 5.02 Å². The molecule has 0 aliphatic heterocycles. The number of aliphatic hydroxyl groups is 1. The predicted molar refractivity (Wildman–Crippen MR) is 67.5 cm³/mol. The molecular weight excluding hydrogens is 253 g/mol. The lowest BCUT2D eigenvalue weighted by molar-refractivity contribution is 0.0333. The van der Waals surface area contributed by atoms with Crippen LogP contribution in [0.1, 0.15) is 43.8 Å². The molecule has 0 aromatic heterocycles. The highest BCUT2D eigenvalue weighted by atomic mass is 35.5. The number of hydrogen-bond acceptors (Lipinski definition) is 2. The molecule has 1 aliphatic carbocycles. The molecule has 0 spiro atoms. The zero-order valence-electron chi connectivity index (χ0n) is 10.00. The van der Waals surface area contributed by atoms with Crippen LogP contribution < -0.4 is 0 Å². The fourth-order valence-electron chi connectivity index (χ4n) is 2.65. The van der Waals surface area contributed by atoms with Crippen molar-refractivity contribution in [2.75, 3.05) is 0 Å². The van der Waals surface area contributed by atoms with Gasteiger partial charge in [0.2, 0.25) is 0 Å². The molecule has 0 bridgehead atoms. The van der Waals surface area contributed by atoms with Gasteiger partial charge in [0.1, 0.15) is 11.9 Å². The van der Waals surface area contributed by atoms with E-state index in [1.165, 1.54) is 18.2 Å². The Hall–Kier alpha value is -1.11. The first kappa shape index (κ1) is 13.3. The number of rotatable bonds is 2. The number of benzene rings is 1. The van der Waals surface area contributed by atoms with E-state index in [1.807, 2.05) is 0 Å². The van der Waals surface area contributed by atoms with Gasteiger partial charge in [-0.15, -0.1) is 0 Å². The second-order valence-corrected chi connectivity index (χ2v) is 5.33. The van der Waals surface area contributed by atoms with Gasteiger partial charge in [0, 0.05) is 10.6 Å². The van der Waals surface area contributed by atoms with Crippen molar-refractivity contribution in [2.45, 2.75) is 38.2 Å². The molecule has 0 saturated heterocycles. The molecule has 1 N–H and O–H groups in total. The van der Waals surface area contributed by atoms with Gasteiger partial charge in [-0.2, -0.15) is 5.26 Å². The normalized spacial score (nSPS) is 20.1. The van der Waals surface area contributed by atoms with E-state index in [-0.39, 0.29) is 5.56 Å². The maximum atomic E-state index is 13.8. The molecule has 1 aromatic rings. The molecule has 1 atom stereocenters. The van der Waals surface area contributed by atoms with Crippen molar-refractivity contribution in [3.05, 3.63) is 34.6 Å². The van der Waals surface area contributed by atoms with Crippen LogP contribution in [-0.2, 0) is 0 Å². The third-order valence-electron chi connectivity index (χ3n) is 3.74. The summed E-state index contributed by atoms with van der Waals surface area (Å²) in [6, 6.07) is 6.28. The van der Waals surface area contributed by atoms with Gasteiger partial charge < -0.3 is 5.11 Å². The second kappa shape index (κ2) is 5.26. The summed E-state index contributed by atoms with van der Waals surface area (Å²) in [5.41, 5.74) is -0.741. The maximum absolute atomic E-state index is 13.8. The standard InChI is InChI=1S/C14H15ClFNO/c15-10-4-5-12(16)11(8-10)13(18)14(9-17)6-2-1-3-7-14/h4-5,8,13,18H,1-3,6-7H2. The highest BCUT2D eigenvalue weighted by Gasteiger charge is 2.41. The third kappa shape index (κ3) is 2.36. The Morgan fingerprint density at radius 2 is 2.00 bits per heavy atom. The molecule has 0 heterocycles. The summed E-state index contributed by atoms with van der Waals surface area (Å²) in [5.74, 6) is -0.507. The molecule has 0 radical (unpaired) electrons. The Labute approximate surface area is 111 Å². The Morgan fingerprint density at radius 3 is 2.61 bits per heavy atom. The molecule has 96 valence electrons. The number of aliphatic hydroxyl groups excluding tert-OH is 1. The van der Waals surface area contributed by atoms with Crippen LogP contribution in [0.25, 0.3) is 0 Å². The molecule has 1 fully saturated rings. The van der Waals surface area contributed by atoms with Gasteiger partial charge in [-0.1, -0.05) is 30.9 Å².